The lowest BCUT2D eigenvalue weighted by atomic mass is 10.1. The van der Waals surface area contributed by atoms with E-state index < -0.39 is 0 Å². The van der Waals surface area contributed by atoms with Crippen LogP contribution in [0.1, 0.15) is 22.6 Å². The number of ether oxygens (including phenoxy) is 2. The summed E-state index contributed by atoms with van der Waals surface area (Å²) in [5.74, 6) is 1.63. The van der Waals surface area contributed by atoms with Gasteiger partial charge in [-0.2, -0.15) is 5.10 Å². The minimum absolute atomic E-state index is 0.204. The molecular weight excluding hydrogens is 368 g/mol. The Morgan fingerprint density at radius 2 is 1.72 bits per heavy atom. The third-order valence-corrected chi connectivity index (χ3v) is 4.98. The molecule has 0 saturated carbocycles. The second kappa shape index (κ2) is 7.43. The van der Waals surface area contributed by atoms with Crippen LogP contribution in [0.4, 0.5) is 0 Å². The second-order valence-electron chi connectivity index (χ2n) is 6.92. The van der Waals surface area contributed by atoms with Crippen molar-refractivity contribution in [2.24, 2.45) is 0 Å². The summed E-state index contributed by atoms with van der Waals surface area (Å²) < 4.78 is 12.5. The van der Waals surface area contributed by atoms with E-state index in [9.17, 15) is 4.79 Å². The lowest BCUT2D eigenvalue weighted by molar-refractivity contribution is 0.355. The number of aromatic nitrogens is 4. The largest absolute Gasteiger partial charge is 0.493 e. The zero-order valence-electron chi connectivity index (χ0n) is 16.8. The average molecular weight is 390 g/mol. The van der Waals surface area contributed by atoms with E-state index in [0.717, 1.165) is 22.5 Å². The fourth-order valence-electron chi connectivity index (χ4n) is 3.24. The van der Waals surface area contributed by atoms with Gasteiger partial charge in [-0.25, -0.2) is 9.67 Å². The van der Waals surface area contributed by atoms with Gasteiger partial charge in [0.2, 0.25) is 0 Å². The van der Waals surface area contributed by atoms with Crippen LogP contribution >= 0.6 is 0 Å². The molecule has 2 heterocycles. The summed E-state index contributed by atoms with van der Waals surface area (Å²) in [6.07, 6.45) is 2.52. The predicted molar refractivity (Wildman–Crippen MR) is 111 cm³/mol. The van der Waals surface area contributed by atoms with Gasteiger partial charge >= 0.3 is 0 Å². The van der Waals surface area contributed by atoms with Crippen LogP contribution in [0.15, 0.2) is 47.4 Å². The number of fused-ring (bicyclic) bond motifs is 1. The normalized spacial score (nSPS) is 11.0. The first-order chi connectivity index (χ1) is 14.0. The molecule has 0 unspecified atom stereocenters. The number of benzene rings is 2. The van der Waals surface area contributed by atoms with Crippen LogP contribution in [0.5, 0.6) is 11.5 Å². The van der Waals surface area contributed by atoms with Crippen LogP contribution in [0, 0.1) is 13.8 Å². The molecule has 29 heavy (non-hydrogen) atoms. The van der Waals surface area contributed by atoms with Crippen molar-refractivity contribution in [1.29, 1.82) is 0 Å². The highest BCUT2D eigenvalue weighted by Gasteiger charge is 2.11. The molecule has 0 spiro atoms. The van der Waals surface area contributed by atoms with E-state index >= 15 is 0 Å². The Bertz CT molecular complexity index is 1220. The van der Waals surface area contributed by atoms with Gasteiger partial charge < -0.3 is 14.5 Å². The maximum Gasteiger partial charge on any atom is 0.258 e. The zero-order valence-corrected chi connectivity index (χ0v) is 16.8. The van der Waals surface area contributed by atoms with E-state index in [-0.39, 0.29) is 5.56 Å². The van der Waals surface area contributed by atoms with Crippen LogP contribution in [0.3, 0.4) is 0 Å². The first-order valence-corrected chi connectivity index (χ1v) is 9.25. The van der Waals surface area contributed by atoms with Crippen LogP contribution in [0.2, 0.25) is 0 Å². The van der Waals surface area contributed by atoms with Gasteiger partial charge in [-0.15, -0.1) is 0 Å². The van der Waals surface area contributed by atoms with E-state index in [0.29, 0.717) is 34.6 Å². The Hall–Kier alpha value is -3.61. The van der Waals surface area contributed by atoms with Crippen LogP contribution in [-0.4, -0.2) is 34.0 Å². The van der Waals surface area contributed by atoms with Gasteiger partial charge in [0.1, 0.15) is 5.82 Å². The molecule has 7 heteroatoms. The number of nitrogens with one attached hydrogen (secondary N) is 1. The smallest absolute Gasteiger partial charge is 0.258 e. The lowest BCUT2D eigenvalue weighted by Crippen LogP contribution is -2.12. The minimum atomic E-state index is -0.204. The Morgan fingerprint density at radius 1 is 1.03 bits per heavy atom. The monoisotopic (exact) mass is 390 g/mol. The summed E-state index contributed by atoms with van der Waals surface area (Å²) >= 11 is 0. The Morgan fingerprint density at radius 3 is 2.34 bits per heavy atom. The summed E-state index contributed by atoms with van der Waals surface area (Å²) in [6, 6.07) is 11.4. The third kappa shape index (κ3) is 3.59. The number of rotatable bonds is 5. The highest BCUT2D eigenvalue weighted by molar-refractivity contribution is 5.81. The van der Waals surface area contributed by atoms with Crippen molar-refractivity contribution in [3.63, 3.8) is 0 Å². The summed E-state index contributed by atoms with van der Waals surface area (Å²) in [6.45, 7) is 4.03. The van der Waals surface area contributed by atoms with Gasteiger partial charge in [-0.05, 0) is 43.2 Å². The number of nitrogens with zero attached hydrogens (tertiary/aromatic N) is 3. The van der Waals surface area contributed by atoms with E-state index in [2.05, 4.69) is 15.1 Å². The molecule has 0 aliphatic heterocycles. The molecule has 1 N–H and O–H groups in total. The standard InChI is InChI=1S/C22H22N4O3/c1-13-12-26(25-14(13)2)16-7-5-15(6-8-16)9-21-23-18-11-20(29-4)19(28-3)10-17(18)22(27)24-21/h5-8,10-12H,9H2,1-4H3,(H,23,24,27). The van der Waals surface area contributed by atoms with Crippen molar-refractivity contribution in [1.82, 2.24) is 19.7 Å². The fourth-order valence-corrected chi connectivity index (χ4v) is 3.24. The quantitative estimate of drug-likeness (QED) is 0.565. The molecule has 0 amide bonds. The average Bonchev–Trinajstić information content (AvgIpc) is 3.06. The van der Waals surface area contributed by atoms with Crippen LogP contribution in [0.25, 0.3) is 16.6 Å². The van der Waals surface area contributed by atoms with Gasteiger partial charge in [0, 0.05) is 18.7 Å². The second-order valence-corrected chi connectivity index (χ2v) is 6.92. The topological polar surface area (TPSA) is 82.0 Å². The maximum atomic E-state index is 12.5. The van der Waals surface area contributed by atoms with E-state index in [4.69, 9.17) is 9.47 Å². The molecule has 4 aromatic rings. The number of hydrogen-bond donors (Lipinski definition) is 1. The molecular formula is C22H22N4O3. The highest BCUT2D eigenvalue weighted by Crippen LogP contribution is 2.30. The van der Waals surface area contributed by atoms with Gasteiger partial charge in [0.05, 0.1) is 36.5 Å². The van der Waals surface area contributed by atoms with Crippen LogP contribution < -0.4 is 15.0 Å². The Labute approximate surface area is 167 Å². The Balaban J connectivity index is 1.64. The van der Waals surface area contributed by atoms with Crippen molar-refractivity contribution >= 4 is 10.9 Å². The summed E-state index contributed by atoms with van der Waals surface area (Å²) in [5.41, 5.74) is 4.56. The third-order valence-electron chi connectivity index (χ3n) is 4.98. The molecule has 0 aliphatic carbocycles. The highest BCUT2D eigenvalue weighted by atomic mass is 16.5. The van der Waals surface area contributed by atoms with Crippen molar-refractivity contribution in [2.75, 3.05) is 14.2 Å². The van der Waals surface area contributed by atoms with Crippen molar-refractivity contribution in [3.8, 4) is 17.2 Å². The fraction of sp³-hybridized carbons (Fsp3) is 0.227. The summed E-state index contributed by atoms with van der Waals surface area (Å²) in [5, 5.41) is 4.97. The number of hydrogen-bond acceptors (Lipinski definition) is 5. The number of aromatic amines is 1. The number of H-pyrrole nitrogens is 1. The molecule has 0 aliphatic rings. The summed E-state index contributed by atoms with van der Waals surface area (Å²) in [4.78, 5) is 20.0. The molecule has 0 atom stereocenters. The molecule has 2 aromatic heterocycles. The first-order valence-electron chi connectivity index (χ1n) is 9.25. The van der Waals surface area contributed by atoms with E-state index in [1.54, 1.807) is 19.2 Å². The van der Waals surface area contributed by atoms with Gasteiger partial charge in [0.15, 0.2) is 11.5 Å². The first kappa shape index (κ1) is 18.7. The molecule has 4 rings (SSSR count). The van der Waals surface area contributed by atoms with E-state index in [1.807, 2.05) is 49.0 Å². The molecule has 0 radical (unpaired) electrons. The van der Waals surface area contributed by atoms with Crippen molar-refractivity contribution < 1.29 is 9.47 Å². The van der Waals surface area contributed by atoms with Crippen LogP contribution in [-0.2, 0) is 6.42 Å². The number of methoxy groups -OCH3 is 2. The van der Waals surface area contributed by atoms with Gasteiger partial charge in [0.25, 0.3) is 5.56 Å². The summed E-state index contributed by atoms with van der Waals surface area (Å²) in [7, 11) is 3.09. The SMILES string of the molecule is COc1cc2nc(Cc3ccc(-n4cc(C)c(C)n4)cc3)[nH]c(=O)c2cc1OC. The van der Waals surface area contributed by atoms with Crippen molar-refractivity contribution in [2.45, 2.75) is 20.3 Å². The van der Waals surface area contributed by atoms with E-state index in [1.165, 1.54) is 7.11 Å². The molecule has 0 saturated heterocycles. The predicted octanol–water partition coefficient (Wildman–Crippen LogP) is 3.33. The number of aryl methyl sites for hydroxylation is 2. The molecule has 0 bridgehead atoms. The van der Waals surface area contributed by atoms with Gasteiger partial charge in [-0.1, -0.05) is 12.1 Å². The minimum Gasteiger partial charge on any atom is -0.493 e. The molecule has 0 fully saturated rings. The van der Waals surface area contributed by atoms with Gasteiger partial charge in [-0.3, -0.25) is 4.79 Å². The van der Waals surface area contributed by atoms with Crippen molar-refractivity contribution in [3.05, 3.63) is 75.6 Å². The molecule has 7 nitrogen and oxygen atoms in total. The molecule has 148 valence electrons. The lowest BCUT2D eigenvalue weighted by Gasteiger charge is -2.09. The maximum absolute atomic E-state index is 12.5. The molecule has 2 aromatic carbocycles. The Kier molecular flexibility index (Phi) is 4.80. The zero-order chi connectivity index (χ0) is 20.5.